The van der Waals surface area contributed by atoms with Gasteiger partial charge in [-0.1, -0.05) is 19.1 Å². The third-order valence-corrected chi connectivity index (χ3v) is 5.15. The Morgan fingerprint density at radius 2 is 2.19 bits per heavy atom. The lowest BCUT2D eigenvalue weighted by Gasteiger charge is -2.26. The van der Waals surface area contributed by atoms with E-state index in [1.807, 2.05) is 19.1 Å². The largest absolute Gasteiger partial charge is 0.354 e. The predicted molar refractivity (Wildman–Crippen MR) is 114 cm³/mol. The minimum Gasteiger partial charge on any atom is -0.354 e. The summed E-state index contributed by atoms with van der Waals surface area (Å²) in [5.41, 5.74) is 3.59. The third-order valence-electron chi connectivity index (χ3n) is 5.15. The van der Waals surface area contributed by atoms with Crippen molar-refractivity contribution in [3.63, 3.8) is 0 Å². The van der Waals surface area contributed by atoms with Crippen molar-refractivity contribution in [3.8, 4) is 0 Å². The molecular formula is C22H22FN5O3. The zero-order valence-electron chi connectivity index (χ0n) is 17.2. The number of pyridine rings is 1. The second kappa shape index (κ2) is 8.75. The van der Waals surface area contributed by atoms with Crippen molar-refractivity contribution in [2.75, 3.05) is 20.2 Å². The molecular weight excluding hydrogens is 401 g/mol. The normalized spacial score (nSPS) is 14.5. The second-order valence-corrected chi connectivity index (χ2v) is 7.16. The van der Waals surface area contributed by atoms with Crippen LogP contribution in [-0.2, 0) is 17.8 Å². The zero-order chi connectivity index (χ0) is 22.0. The van der Waals surface area contributed by atoms with Gasteiger partial charge in [0.15, 0.2) is 0 Å². The van der Waals surface area contributed by atoms with E-state index >= 15 is 0 Å². The number of halogens is 1. The fraction of sp³-hybridized carbons (Fsp3) is 0.273. The molecule has 3 heterocycles. The summed E-state index contributed by atoms with van der Waals surface area (Å²) < 4.78 is 14.6. The number of benzene rings is 1. The lowest BCUT2D eigenvalue weighted by molar-refractivity contribution is -0.151. The van der Waals surface area contributed by atoms with Crippen molar-refractivity contribution < 1.29 is 14.0 Å². The Morgan fingerprint density at radius 3 is 2.84 bits per heavy atom. The van der Waals surface area contributed by atoms with Crippen LogP contribution in [-0.4, -0.2) is 46.1 Å². The van der Waals surface area contributed by atoms with E-state index in [1.165, 1.54) is 6.07 Å². The Kier molecular flexibility index (Phi) is 5.88. The molecule has 1 amide bonds. The van der Waals surface area contributed by atoms with Crippen molar-refractivity contribution in [2.45, 2.75) is 19.9 Å². The van der Waals surface area contributed by atoms with Gasteiger partial charge in [0.25, 0.3) is 11.5 Å². The van der Waals surface area contributed by atoms with Crippen molar-refractivity contribution in [1.29, 1.82) is 0 Å². The molecule has 2 aromatic heterocycles. The topological polar surface area (TPSA) is 100 Å². The van der Waals surface area contributed by atoms with Crippen molar-refractivity contribution in [2.24, 2.45) is 0 Å². The smallest absolute Gasteiger partial charge is 0.270 e. The van der Waals surface area contributed by atoms with Crippen LogP contribution in [0.5, 0.6) is 0 Å². The molecule has 0 saturated heterocycles. The molecule has 1 aliphatic heterocycles. The number of aryl methyl sites for hydroxylation is 1. The molecule has 0 fully saturated rings. The number of carbonyl (C=O) groups is 1. The van der Waals surface area contributed by atoms with Crippen LogP contribution in [0, 0.1) is 5.82 Å². The molecule has 1 aromatic carbocycles. The van der Waals surface area contributed by atoms with Gasteiger partial charge >= 0.3 is 0 Å². The van der Waals surface area contributed by atoms with Gasteiger partial charge in [0.2, 0.25) is 0 Å². The number of aromatic nitrogens is 3. The van der Waals surface area contributed by atoms with Crippen LogP contribution in [0.3, 0.4) is 0 Å². The van der Waals surface area contributed by atoms with Gasteiger partial charge in [0.1, 0.15) is 17.2 Å². The Bertz CT molecular complexity index is 1220. The molecule has 0 saturated carbocycles. The Balaban J connectivity index is 1.48. The standard InChI is InChI=1S/C22H22FN5O3/c1-3-17-22(30)27-19-8-15(16(23)9-20(19)26-17)11-28-7-6-14(12-31-28)13-4-5-18(25-10-13)21(29)24-2/h4-6,8-10H,3,7,11-12H2,1-2H3,(H,24,29)(H,27,30). The molecule has 4 rings (SSSR count). The van der Waals surface area contributed by atoms with Gasteiger partial charge in [0, 0.05) is 31.4 Å². The van der Waals surface area contributed by atoms with E-state index < -0.39 is 5.82 Å². The van der Waals surface area contributed by atoms with E-state index in [1.54, 1.807) is 30.4 Å². The van der Waals surface area contributed by atoms with E-state index in [0.717, 1.165) is 11.1 Å². The maximum Gasteiger partial charge on any atom is 0.270 e. The molecule has 9 heteroatoms. The van der Waals surface area contributed by atoms with Crippen LogP contribution in [0.4, 0.5) is 4.39 Å². The molecule has 1 aliphatic rings. The summed E-state index contributed by atoms with van der Waals surface area (Å²) in [6, 6.07) is 6.41. The monoisotopic (exact) mass is 423 g/mol. The lowest BCUT2D eigenvalue weighted by atomic mass is 10.1. The number of rotatable bonds is 5. The summed E-state index contributed by atoms with van der Waals surface area (Å²) in [6.45, 7) is 2.80. The molecule has 3 aromatic rings. The first-order valence-corrected chi connectivity index (χ1v) is 9.95. The number of hydroxylamine groups is 2. The molecule has 8 nitrogen and oxygen atoms in total. The highest BCUT2D eigenvalue weighted by Crippen LogP contribution is 2.22. The number of hydrogen-bond donors (Lipinski definition) is 2. The second-order valence-electron chi connectivity index (χ2n) is 7.16. The molecule has 160 valence electrons. The number of fused-ring (bicyclic) bond motifs is 1. The molecule has 0 atom stereocenters. The molecule has 0 bridgehead atoms. The summed E-state index contributed by atoms with van der Waals surface area (Å²) in [6.07, 6.45) is 4.09. The van der Waals surface area contributed by atoms with Gasteiger partial charge in [-0.25, -0.2) is 9.37 Å². The van der Waals surface area contributed by atoms with Gasteiger partial charge in [-0.15, -0.1) is 0 Å². The summed E-state index contributed by atoms with van der Waals surface area (Å²) in [7, 11) is 1.55. The SMILES string of the molecule is CCc1nc2cc(F)c(CN3CC=C(c4ccc(C(=O)NC)nc4)CO3)cc2[nH]c1=O. The van der Waals surface area contributed by atoms with Crippen molar-refractivity contribution in [3.05, 3.63) is 75.2 Å². The van der Waals surface area contributed by atoms with Crippen LogP contribution < -0.4 is 10.9 Å². The highest BCUT2D eigenvalue weighted by atomic mass is 19.1. The Labute approximate surface area is 177 Å². The van der Waals surface area contributed by atoms with Crippen LogP contribution in [0.2, 0.25) is 0 Å². The predicted octanol–water partition coefficient (Wildman–Crippen LogP) is 2.21. The fourth-order valence-electron chi connectivity index (χ4n) is 3.38. The number of nitrogens with zero attached hydrogens (tertiary/aromatic N) is 3. The molecule has 0 unspecified atom stereocenters. The first-order chi connectivity index (χ1) is 15.0. The Hall–Kier alpha value is -3.43. The van der Waals surface area contributed by atoms with Gasteiger partial charge in [-0.05, 0) is 29.7 Å². The van der Waals surface area contributed by atoms with Crippen molar-refractivity contribution >= 4 is 22.5 Å². The molecule has 0 radical (unpaired) electrons. The van der Waals surface area contributed by atoms with Crippen LogP contribution >= 0.6 is 0 Å². The van der Waals surface area contributed by atoms with E-state index in [-0.39, 0.29) is 18.0 Å². The van der Waals surface area contributed by atoms with Gasteiger partial charge in [-0.3, -0.25) is 19.4 Å². The number of H-pyrrole nitrogens is 1. The highest BCUT2D eigenvalue weighted by molar-refractivity contribution is 5.92. The maximum absolute atomic E-state index is 14.6. The molecule has 31 heavy (non-hydrogen) atoms. The van der Waals surface area contributed by atoms with Crippen LogP contribution in [0.25, 0.3) is 16.6 Å². The average molecular weight is 423 g/mol. The summed E-state index contributed by atoms with van der Waals surface area (Å²) in [5.74, 6) is -0.645. The third kappa shape index (κ3) is 4.37. The number of amides is 1. The average Bonchev–Trinajstić information content (AvgIpc) is 2.79. The van der Waals surface area contributed by atoms with Gasteiger partial charge in [0.05, 0.1) is 24.2 Å². The van der Waals surface area contributed by atoms with E-state index in [4.69, 9.17) is 4.84 Å². The zero-order valence-corrected chi connectivity index (χ0v) is 17.2. The first-order valence-electron chi connectivity index (χ1n) is 9.95. The number of hydrogen-bond acceptors (Lipinski definition) is 6. The number of aromatic amines is 1. The van der Waals surface area contributed by atoms with E-state index in [0.29, 0.717) is 47.6 Å². The molecule has 0 spiro atoms. The van der Waals surface area contributed by atoms with Crippen molar-refractivity contribution in [1.82, 2.24) is 25.3 Å². The summed E-state index contributed by atoms with van der Waals surface area (Å²) >= 11 is 0. The summed E-state index contributed by atoms with van der Waals surface area (Å²) in [4.78, 5) is 40.6. The van der Waals surface area contributed by atoms with Crippen LogP contribution in [0.1, 0.15) is 34.2 Å². The lowest BCUT2D eigenvalue weighted by Crippen LogP contribution is -2.29. The van der Waals surface area contributed by atoms with E-state index in [2.05, 4.69) is 20.3 Å². The maximum atomic E-state index is 14.6. The van der Waals surface area contributed by atoms with Gasteiger partial charge < -0.3 is 10.3 Å². The summed E-state index contributed by atoms with van der Waals surface area (Å²) in [5, 5.41) is 4.18. The molecule has 2 N–H and O–H groups in total. The number of nitrogens with one attached hydrogen (secondary N) is 2. The highest BCUT2D eigenvalue weighted by Gasteiger charge is 2.17. The fourth-order valence-corrected chi connectivity index (χ4v) is 3.38. The van der Waals surface area contributed by atoms with Gasteiger partial charge in [-0.2, -0.15) is 5.06 Å². The van der Waals surface area contributed by atoms with E-state index in [9.17, 15) is 14.0 Å². The Morgan fingerprint density at radius 1 is 1.35 bits per heavy atom. The quantitative estimate of drug-likeness (QED) is 0.653. The number of carbonyl (C=O) groups excluding carboxylic acids is 1. The first kappa shape index (κ1) is 20.8. The molecule has 0 aliphatic carbocycles. The minimum atomic E-state index is -0.401. The van der Waals surface area contributed by atoms with Crippen LogP contribution in [0.15, 0.2) is 41.3 Å². The minimum absolute atomic E-state index is 0.219.